The fourth-order valence-corrected chi connectivity index (χ4v) is 5.07. The monoisotopic (exact) mass is 447 g/mol. The molecule has 1 atom stereocenters. The highest BCUT2D eigenvalue weighted by atomic mass is 19.1. The van der Waals surface area contributed by atoms with Crippen molar-refractivity contribution >= 4 is 11.6 Å². The fraction of sp³-hybridized carbons (Fsp3) is 0.423. The Hall–Kier alpha value is -3.22. The maximum atomic E-state index is 14.3. The summed E-state index contributed by atoms with van der Waals surface area (Å²) in [6, 6.07) is 12.0. The van der Waals surface area contributed by atoms with Gasteiger partial charge in [0.15, 0.2) is 5.82 Å². The van der Waals surface area contributed by atoms with Crippen LogP contribution in [0, 0.1) is 5.82 Å². The van der Waals surface area contributed by atoms with E-state index in [0.717, 1.165) is 45.2 Å². The van der Waals surface area contributed by atoms with Crippen molar-refractivity contribution in [3.63, 3.8) is 0 Å². The van der Waals surface area contributed by atoms with E-state index < -0.39 is 5.82 Å². The van der Waals surface area contributed by atoms with Crippen molar-refractivity contribution in [1.82, 2.24) is 14.5 Å². The van der Waals surface area contributed by atoms with Crippen LogP contribution in [0.4, 0.5) is 16.0 Å². The molecule has 5 rings (SSSR count). The molecule has 2 aliphatic rings. The minimum absolute atomic E-state index is 0.195. The van der Waals surface area contributed by atoms with Crippen molar-refractivity contribution in [2.45, 2.75) is 38.0 Å². The number of aromatic nitrogens is 3. The summed E-state index contributed by atoms with van der Waals surface area (Å²) < 4.78 is 15.9. The van der Waals surface area contributed by atoms with E-state index in [0.29, 0.717) is 23.1 Å². The van der Waals surface area contributed by atoms with E-state index in [1.165, 1.54) is 42.8 Å². The summed E-state index contributed by atoms with van der Waals surface area (Å²) in [6.45, 7) is 3.89. The van der Waals surface area contributed by atoms with Crippen LogP contribution in [0.2, 0.25) is 0 Å². The molecule has 0 N–H and O–H groups in total. The predicted molar refractivity (Wildman–Crippen MR) is 129 cm³/mol. The van der Waals surface area contributed by atoms with Crippen molar-refractivity contribution in [3.8, 4) is 11.3 Å². The summed E-state index contributed by atoms with van der Waals surface area (Å²) >= 11 is 0. The van der Waals surface area contributed by atoms with E-state index >= 15 is 0 Å². The Labute approximate surface area is 193 Å². The molecule has 0 unspecified atom stereocenters. The summed E-state index contributed by atoms with van der Waals surface area (Å²) in [4.78, 5) is 25.8. The van der Waals surface area contributed by atoms with E-state index in [1.54, 1.807) is 17.7 Å². The van der Waals surface area contributed by atoms with Crippen LogP contribution in [0.3, 0.4) is 0 Å². The zero-order valence-electron chi connectivity index (χ0n) is 19.1. The number of benzene rings is 1. The third kappa shape index (κ3) is 4.49. The predicted octanol–water partition coefficient (Wildman–Crippen LogP) is 4.36. The molecule has 1 aromatic carbocycles. The van der Waals surface area contributed by atoms with Gasteiger partial charge in [0.05, 0.1) is 11.9 Å². The summed E-state index contributed by atoms with van der Waals surface area (Å²) in [7, 11) is 1.73. The van der Waals surface area contributed by atoms with Gasteiger partial charge in [0.25, 0.3) is 5.56 Å². The molecule has 0 bridgehead atoms. The van der Waals surface area contributed by atoms with Gasteiger partial charge in [-0.15, -0.1) is 0 Å². The molecule has 2 saturated heterocycles. The molecule has 0 aliphatic carbocycles. The third-order valence-corrected chi connectivity index (χ3v) is 6.95. The summed E-state index contributed by atoms with van der Waals surface area (Å²) in [6.07, 6.45) is 8.66. The van der Waals surface area contributed by atoms with E-state index in [9.17, 15) is 9.18 Å². The quantitative estimate of drug-likeness (QED) is 0.595. The van der Waals surface area contributed by atoms with E-state index in [2.05, 4.69) is 39.0 Å². The van der Waals surface area contributed by atoms with Crippen LogP contribution in [0.1, 0.15) is 43.6 Å². The number of nitrogens with zero attached hydrogens (tertiary/aromatic N) is 5. The van der Waals surface area contributed by atoms with Crippen molar-refractivity contribution in [2.24, 2.45) is 7.05 Å². The Morgan fingerprint density at radius 2 is 1.73 bits per heavy atom. The van der Waals surface area contributed by atoms with Gasteiger partial charge in [0.1, 0.15) is 0 Å². The van der Waals surface area contributed by atoms with Gasteiger partial charge in [-0.1, -0.05) is 12.1 Å². The van der Waals surface area contributed by atoms with Crippen molar-refractivity contribution < 1.29 is 4.39 Å². The topological polar surface area (TPSA) is 54.3 Å². The fourth-order valence-electron chi connectivity index (χ4n) is 5.07. The first-order valence-electron chi connectivity index (χ1n) is 11.9. The normalized spacial score (nSPS) is 19.0. The number of piperidine rings is 2. The lowest BCUT2D eigenvalue weighted by molar-refractivity contribution is 0.497. The molecular weight excluding hydrogens is 417 g/mol. The third-order valence-electron chi connectivity index (χ3n) is 6.95. The van der Waals surface area contributed by atoms with Crippen molar-refractivity contribution in [3.05, 3.63) is 70.5 Å². The molecule has 0 spiro atoms. The minimum atomic E-state index is -0.477. The van der Waals surface area contributed by atoms with E-state index in [1.807, 2.05) is 0 Å². The van der Waals surface area contributed by atoms with E-state index in [-0.39, 0.29) is 5.56 Å². The average molecular weight is 448 g/mol. The molecule has 6 nitrogen and oxygen atoms in total. The first-order valence-corrected chi connectivity index (χ1v) is 11.9. The maximum Gasteiger partial charge on any atom is 0.255 e. The van der Waals surface area contributed by atoms with Crippen LogP contribution in [-0.2, 0) is 7.05 Å². The van der Waals surface area contributed by atoms with Gasteiger partial charge >= 0.3 is 0 Å². The molecule has 3 aromatic rings. The Balaban J connectivity index is 1.39. The summed E-state index contributed by atoms with van der Waals surface area (Å²) in [5, 5.41) is 0. The Morgan fingerprint density at radius 1 is 0.970 bits per heavy atom. The number of hydrogen-bond acceptors (Lipinski definition) is 5. The van der Waals surface area contributed by atoms with Gasteiger partial charge in [-0.05, 0) is 55.9 Å². The second-order valence-electron chi connectivity index (χ2n) is 9.12. The molecule has 4 heterocycles. The van der Waals surface area contributed by atoms with Gasteiger partial charge in [-0.2, -0.15) is 0 Å². The largest absolute Gasteiger partial charge is 0.372 e. The summed E-state index contributed by atoms with van der Waals surface area (Å²) in [5.74, 6) is 0.477. The lowest BCUT2D eigenvalue weighted by Gasteiger charge is -2.35. The number of rotatable bonds is 4. The first-order chi connectivity index (χ1) is 16.1. The van der Waals surface area contributed by atoms with Crippen LogP contribution >= 0.6 is 0 Å². The molecule has 2 aliphatic heterocycles. The molecule has 33 heavy (non-hydrogen) atoms. The van der Waals surface area contributed by atoms with Gasteiger partial charge < -0.3 is 9.80 Å². The van der Waals surface area contributed by atoms with Gasteiger partial charge in [0.2, 0.25) is 5.95 Å². The Morgan fingerprint density at radius 3 is 2.48 bits per heavy atom. The van der Waals surface area contributed by atoms with Crippen LogP contribution in [0.5, 0.6) is 0 Å². The Bertz CT molecular complexity index is 1170. The molecule has 0 saturated carbocycles. The summed E-state index contributed by atoms with van der Waals surface area (Å²) in [5.41, 5.74) is 3.08. The van der Waals surface area contributed by atoms with Gasteiger partial charge in [-0.3, -0.25) is 14.3 Å². The molecule has 0 radical (unpaired) electrons. The number of hydrogen-bond donors (Lipinski definition) is 0. The Kier molecular flexibility index (Phi) is 6.11. The maximum absolute atomic E-state index is 14.3. The lowest BCUT2D eigenvalue weighted by atomic mass is 9.90. The lowest BCUT2D eigenvalue weighted by Crippen LogP contribution is -2.38. The van der Waals surface area contributed by atoms with Crippen LogP contribution in [0.25, 0.3) is 11.3 Å². The molecule has 172 valence electrons. The molecule has 0 amide bonds. The standard InChI is InChI=1S/C26H30FN5O/c1-30-25(33)16-24(22-11-12-28-17-23(22)27)29-26(30)32-15-5-6-20(18-32)19-7-9-21(10-8-19)31-13-3-2-4-14-31/h7-12,16-17,20H,2-6,13-15,18H2,1H3/t20-/m1/s1. The van der Waals surface area contributed by atoms with Crippen molar-refractivity contribution in [1.29, 1.82) is 0 Å². The SMILES string of the molecule is Cn1c(N2CCC[C@@H](c3ccc(N4CCCCC4)cc3)C2)nc(-c2ccncc2F)cc1=O. The van der Waals surface area contributed by atoms with Crippen LogP contribution < -0.4 is 15.4 Å². The average Bonchev–Trinajstić information content (AvgIpc) is 2.87. The zero-order chi connectivity index (χ0) is 22.8. The number of halogens is 1. The molecule has 2 fully saturated rings. The van der Waals surface area contributed by atoms with Crippen molar-refractivity contribution in [2.75, 3.05) is 36.0 Å². The molecule has 7 heteroatoms. The smallest absolute Gasteiger partial charge is 0.255 e. The first kappa shape index (κ1) is 21.6. The minimum Gasteiger partial charge on any atom is -0.372 e. The second kappa shape index (κ2) is 9.33. The number of anilines is 2. The molecule has 2 aromatic heterocycles. The highest BCUT2D eigenvalue weighted by Gasteiger charge is 2.25. The highest BCUT2D eigenvalue weighted by Crippen LogP contribution is 2.31. The second-order valence-corrected chi connectivity index (χ2v) is 9.12. The van der Waals surface area contributed by atoms with Gasteiger partial charge in [0, 0.05) is 62.7 Å². The molecular formula is C26H30FN5O. The number of pyridine rings is 1. The van der Waals surface area contributed by atoms with E-state index in [4.69, 9.17) is 4.98 Å². The van der Waals surface area contributed by atoms with Crippen LogP contribution in [-0.4, -0.2) is 40.7 Å². The van der Waals surface area contributed by atoms with Crippen LogP contribution in [0.15, 0.2) is 53.6 Å². The highest BCUT2D eigenvalue weighted by molar-refractivity contribution is 5.60. The zero-order valence-corrected chi connectivity index (χ0v) is 19.1. The van der Waals surface area contributed by atoms with Gasteiger partial charge in [-0.25, -0.2) is 9.37 Å².